The van der Waals surface area contributed by atoms with Crippen LogP contribution < -0.4 is 5.09 Å². The molecule has 0 aromatic heterocycles. The summed E-state index contributed by atoms with van der Waals surface area (Å²) in [5.41, 5.74) is 3.85. The molecule has 4 rings (SSSR count). The molecule has 0 aliphatic rings. The van der Waals surface area contributed by atoms with Gasteiger partial charge in [-0.2, -0.15) is 0 Å². The smallest absolute Gasteiger partial charge is 0.280 e. The number of halogens is 2. The number of benzene rings is 4. The van der Waals surface area contributed by atoms with Crippen molar-refractivity contribution in [2.75, 3.05) is 0 Å². The van der Waals surface area contributed by atoms with E-state index < -0.39 is 18.3 Å². The average molecular weight is 566 g/mol. The molecule has 0 fully saturated rings. The van der Waals surface area contributed by atoms with Crippen LogP contribution in [0.25, 0.3) is 0 Å². The van der Waals surface area contributed by atoms with Crippen LogP contribution in [0.1, 0.15) is 22.3 Å². The Labute approximate surface area is 234 Å². The summed E-state index contributed by atoms with van der Waals surface area (Å²) >= 11 is 12.0. The molecule has 0 aliphatic carbocycles. The van der Waals surface area contributed by atoms with Gasteiger partial charge in [-0.3, -0.25) is 14.4 Å². The van der Waals surface area contributed by atoms with E-state index in [0.29, 0.717) is 26.2 Å². The van der Waals surface area contributed by atoms with Gasteiger partial charge in [0, 0.05) is 26.2 Å². The number of alkyl halides is 2. The molecule has 0 bridgehead atoms. The molecule has 0 atom stereocenters. The monoisotopic (exact) mass is 565 g/mol. The van der Waals surface area contributed by atoms with Gasteiger partial charge in [0.05, 0.1) is 0 Å². The molecular formula is C30H30Cl2N3O2P. The summed E-state index contributed by atoms with van der Waals surface area (Å²) in [6, 6.07) is 39.2. The minimum atomic E-state index is -3.81. The van der Waals surface area contributed by atoms with Gasteiger partial charge >= 0.3 is 7.59 Å². The fraction of sp³-hybridized carbons (Fsp3) is 0.167. The van der Waals surface area contributed by atoms with Crippen LogP contribution >= 0.6 is 30.8 Å². The van der Waals surface area contributed by atoms with Gasteiger partial charge < -0.3 is 0 Å². The van der Waals surface area contributed by atoms with Crippen LogP contribution in [0.5, 0.6) is 0 Å². The number of nitrogens with zero attached hydrogens (tertiary/aromatic N) is 2. The molecule has 4 aromatic carbocycles. The van der Waals surface area contributed by atoms with Crippen LogP contribution in [0.4, 0.5) is 0 Å². The van der Waals surface area contributed by atoms with Crippen LogP contribution in [0.2, 0.25) is 0 Å². The average Bonchev–Trinajstić information content (AvgIpc) is 2.94. The van der Waals surface area contributed by atoms with Gasteiger partial charge in [0.1, 0.15) is 0 Å². The van der Waals surface area contributed by atoms with E-state index in [1.54, 1.807) is 0 Å². The highest BCUT2D eigenvalue weighted by atomic mass is 35.5. The van der Waals surface area contributed by atoms with Crippen molar-refractivity contribution in [3.05, 3.63) is 144 Å². The predicted molar refractivity (Wildman–Crippen MR) is 156 cm³/mol. The number of rotatable bonds is 12. The zero-order valence-electron chi connectivity index (χ0n) is 20.9. The molecule has 1 N–H and O–H groups in total. The molecule has 0 spiro atoms. The second-order valence-electron chi connectivity index (χ2n) is 8.91. The second-order valence-corrected chi connectivity index (χ2v) is 12.4. The van der Waals surface area contributed by atoms with Gasteiger partial charge in [0.15, 0.2) is 4.84 Å². The molecule has 0 unspecified atom stereocenters. The number of nitrogens with one attached hydrogen (secondary N) is 1. The summed E-state index contributed by atoms with van der Waals surface area (Å²) < 4.78 is 19.0. The van der Waals surface area contributed by atoms with Crippen molar-refractivity contribution in [2.45, 2.75) is 31.0 Å². The molecule has 5 nitrogen and oxygen atoms in total. The van der Waals surface area contributed by atoms with Crippen molar-refractivity contribution >= 4 is 36.7 Å². The lowest BCUT2D eigenvalue weighted by Gasteiger charge is -2.39. The number of hydrogen-bond donors (Lipinski definition) is 1. The minimum Gasteiger partial charge on any atom is -0.280 e. The van der Waals surface area contributed by atoms with Gasteiger partial charge in [-0.25, -0.2) is 9.34 Å². The molecule has 196 valence electrons. The van der Waals surface area contributed by atoms with Crippen molar-refractivity contribution in [1.82, 2.24) is 14.4 Å². The summed E-state index contributed by atoms with van der Waals surface area (Å²) in [4.78, 5) is 11.6. The largest absolute Gasteiger partial charge is 0.312 e. The van der Waals surface area contributed by atoms with Crippen molar-refractivity contribution in [3.8, 4) is 0 Å². The van der Waals surface area contributed by atoms with Gasteiger partial charge in [-0.15, -0.1) is 0 Å². The van der Waals surface area contributed by atoms with E-state index in [1.807, 2.05) is 131 Å². The van der Waals surface area contributed by atoms with E-state index in [2.05, 4.69) is 5.09 Å². The lowest BCUT2D eigenvalue weighted by molar-refractivity contribution is -0.118. The van der Waals surface area contributed by atoms with E-state index in [1.165, 1.54) is 0 Å². The van der Waals surface area contributed by atoms with E-state index in [-0.39, 0.29) is 0 Å². The fourth-order valence-corrected chi connectivity index (χ4v) is 6.92. The Kier molecular flexibility index (Phi) is 10.2. The Morgan fingerprint density at radius 1 is 0.579 bits per heavy atom. The lowest BCUT2D eigenvalue weighted by Crippen LogP contribution is -2.41. The standard InChI is InChI=1S/C30H30Cl2N3O2P/c31-29(32)30(36)33-38(37,34(21-25-13-5-1-6-14-25)22-26-15-7-2-8-16-26)35(23-27-17-9-3-10-18-27)24-28-19-11-4-12-20-28/h1-20,29H,21-24H2,(H,33,36,37). The molecule has 0 radical (unpaired) electrons. The van der Waals surface area contributed by atoms with Gasteiger partial charge in [-0.05, 0) is 22.3 Å². The van der Waals surface area contributed by atoms with Gasteiger partial charge in [0.2, 0.25) is 0 Å². The Balaban J connectivity index is 1.82. The molecule has 4 aromatic rings. The highest BCUT2D eigenvalue weighted by molar-refractivity contribution is 7.57. The first-order valence-corrected chi connectivity index (χ1v) is 14.8. The summed E-state index contributed by atoms with van der Waals surface area (Å²) in [5, 5.41) is 2.78. The van der Waals surface area contributed by atoms with Crippen LogP contribution in [-0.4, -0.2) is 20.1 Å². The second kappa shape index (κ2) is 13.7. The first kappa shape index (κ1) is 28.1. The van der Waals surface area contributed by atoms with E-state index in [9.17, 15) is 4.79 Å². The number of hydrogen-bond acceptors (Lipinski definition) is 2. The summed E-state index contributed by atoms with van der Waals surface area (Å²) in [6.07, 6.45) is 0. The summed E-state index contributed by atoms with van der Waals surface area (Å²) in [6.45, 7) is 1.34. The van der Waals surface area contributed by atoms with Crippen molar-refractivity contribution in [3.63, 3.8) is 0 Å². The third kappa shape index (κ3) is 7.80. The highest BCUT2D eigenvalue weighted by Gasteiger charge is 2.40. The molecule has 0 heterocycles. The highest BCUT2D eigenvalue weighted by Crippen LogP contribution is 2.53. The quantitative estimate of drug-likeness (QED) is 0.143. The first-order chi connectivity index (χ1) is 18.4. The Morgan fingerprint density at radius 3 is 1.08 bits per heavy atom. The third-order valence-corrected chi connectivity index (χ3v) is 9.06. The van der Waals surface area contributed by atoms with Crippen molar-refractivity contribution in [2.24, 2.45) is 0 Å². The van der Waals surface area contributed by atoms with Crippen LogP contribution in [0.3, 0.4) is 0 Å². The Bertz CT molecular complexity index is 1150. The SMILES string of the molecule is O=C(NP(=O)(N(Cc1ccccc1)Cc1ccccc1)N(Cc1ccccc1)Cc1ccccc1)C(Cl)Cl. The van der Waals surface area contributed by atoms with E-state index in [0.717, 1.165) is 22.3 Å². The predicted octanol–water partition coefficient (Wildman–Crippen LogP) is 7.42. The van der Waals surface area contributed by atoms with E-state index >= 15 is 4.57 Å². The zero-order chi connectivity index (χ0) is 26.8. The topological polar surface area (TPSA) is 52.7 Å². The van der Waals surface area contributed by atoms with E-state index in [4.69, 9.17) is 23.2 Å². The summed E-state index contributed by atoms with van der Waals surface area (Å²) in [5.74, 6) is -0.700. The molecular weight excluding hydrogens is 536 g/mol. The molecule has 0 saturated carbocycles. The van der Waals surface area contributed by atoms with Crippen LogP contribution in [0.15, 0.2) is 121 Å². The van der Waals surface area contributed by atoms with Gasteiger partial charge in [-0.1, -0.05) is 145 Å². The molecule has 38 heavy (non-hydrogen) atoms. The Hall–Kier alpha value is -2.92. The van der Waals surface area contributed by atoms with Crippen LogP contribution in [0, 0.1) is 0 Å². The summed E-state index contributed by atoms with van der Waals surface area (Å²) in [7, 11) is -3.81. The van der Waals surface area contributed by atoms with Crippen molar-refractivity contribution < 1.29 is 9.36 Å². The zero-order valence-corrected chi connectivity index (χ0v) is 23.3. The fourth-order valence-electron chi connectivity index (χ4n) is 4.18. The molecule has 8 heteroatoms. The Morgan fingerprint density at radius 2 is 0.842 bits per heavy atom. The molecule has 0 saturated heterocycles. The maximum Gasteiger partial charge on any atom is 0.312 e. The maximum atomic E-state index is 15.3. The van der Waals surface area contributed by atoms with Gasteiger partial charge in [0.25, 0.3) is 5.91 Å². The lowest BCUT2D eigenvalue weighted by atomic mass is 10.2. The first-order valence-electron chi connectivity index (χ1n) is 12.3. The minimum absolute atomic E-state index is 0.336. The maximum absolute atomic E-state index is 15.3. The number of carbonyl (C=O) groups is 1. The van der Waals surface area contributed by atoms with Crippen molar-refractivity contribution in [1.29, 1.82) is 0 Å². The molecule has 1 amide bonds. The number of amides is 1. The number of carbonyl (C=O) groups excluding carboxylic acids is 1. The normalized spacial score (nSPS) is 11.7. The molecule has 0 aliphatic heterocycles. The van der Waals surface area contributed by atoms with Crippen LogP contribution in [-0.2, 0) is 35.5 Å². The third-order valence-electron chi connectivity index (χ3n) is 6.05.